The second kappa shape index (κ2) is 6.36. The van der Waals surface area contributed by atoms with Crippen LogP contribution in [0.5, 0.6) is 5.75 Å². The van der Waals surface area contributed by atoms with Gasteiger partial charge in [-0.15, -0.1) is 11.8 Å². The summed E-state index contributed by atoms with van der Waals surface area (Å²) in [5.74, 6) is 0.924. The van der Waals surface area contributed by atoms with Crippen LogP contribution >= 0.6 is 11.8 Å². The van der Waals surface area contributed by atoms with E-state index >= 15 is 0 Å². The summed E-state index contributed by atoms with van der Waals surface area (Å²) in [4.78, 5) is 1.27. The van der Waals surface area contributed by atoms with Crippen molar-refractivity contribution < 1.29 is 4.74 Å². The molecular weight excluding hydrogens is 264 g/mol. The van der Waals surface area contributed by atoms with E-state index in [2.05, 4.69) is 75.6 Å². The maximum atomic E-state index is 5.85. The standard InChI is InChI=1S/C18H22OS/c1-18(2,3)15-8-10-16(11-9-15)19-13-14-6-5-7-17(12-14)20-4/h5-12H,13H2,1-4H3. The largest absolute Gasteiger partial charge is 0.489 e. The van der Waals surface area contributed by atoms with E-state index in [-0.39, 0.29) is 5.41 Å². The second-order valence-electron chi connectivity index (χ2n) is 5.91. The summed E-state index contributed by atoms with van der Waals surface area (Å²) >= 11 is 1.75. The smallest absolute Gasteiger partial charge is 0.119 e. The number of hydrogen-bond donors (Lipinski definition) is 0. The van der Waals surface area contributed by atoms with Crippen LogP contribution in [-0.4, -0.2) is 6.26 Å². The number of ether oxygens (including phenoxy) is 1. The van der Waals surface area contributed by atoms with Crippen molar-refractivity contribution in [3.05, 3.63) is 59.7 Å². The quantitative estimate of drug-likeness (QED) is 0.707. The number of benzene rings is 2. The molecule has 0 atom stereocenters. The molecule has 2 rings (SSSR count). The van der Waals surface area contributed by atoms with Crippen LogP contribution in [0.3, 0.4) is 0 Å². The molecule has 1 nitrogen and oxygen atoms in total. The van der Waals surface area contributed by atoms with Crippen molar-refractivity contribution >= 4 is 11.8 Å². The Bertz CT molecular complexity index is 552. The topological polar surface area (TPSA) is 9.23 Å². The summed E-state index contributed by atoms with van der Waals surface area (Å²) in [6.07, 6.45) is 2.09. The third-order valence-electron chi connectivity index (χ3n) is 3.26. The van der Waals surface area contributed by atoms with Gasteiger partial charge in [0.25, 0.3) is 0 Å². The first-order chi connectivity index (χ1) is 9.49. The van der Waals surface area contributed by atoms with Crippen LogP contribution in [0, 0.1) is 0 Å². The predicted molar refractivity (Wildman–Crippen MR) is 87.7 cm³/mol. The first-order valence-electron chi connectivity index (χ1n) is 6.85. The lowest BCUT2D eigenvalue weighted by Crippen LogP contribution is -2.10. The van der Waals surface area contributed by atoms with E-state index < -0.39 is 0 Å². The number of thioether (sulfide) groups is 1. The van der Waals surface area contributed by atoms with Gasteiger partial charge < -0.3 is 4.74 Å². The summed E-state index contributed by atoms with van der Waals surface area (Å²) < 4.78 is 5.85. The summed E-state index contributed by atoms with van der Waals surface area (Å²) in [5, 5.41) is 0. The Morgan fingerprint density at radius 3 is 2.30 bits per heavy atom. The maximum Gasteiger partial charge on any atom is 0.119 e. The lowest BCUT2D eigenvalue weighted by molar-refractivity contribution is 0.305. The minimum atomic E-state index is 0.186. The van der Waals surface area contributed by atoms with Crippen LogP contribution in [0.1, 0.15) is 31.9 Å². The molecule has 20 heavy (non-hydrogen) atoms. The highest BCUT2D eigenvalue weighted by atomic mass is 32.2. The van der Waals surface area contributed by atoms with Crippen LogP contribution in [0.25, 0.3) is 0 Å². The van der Waals surface area contributed by atoms with E-state index in [1.54, 1.807) is 11.8 Å². The van der Waals surface area contributed by atoms with E-state index in [1.807, 2.05) is 0 Å². The highest BCUT2D eigenvalue weighted by molar-refractivity contribution is 7.98. The predicted octanol–water partition coefficient (Wildman–Crippen LogP) is 5.29. The van der Waals surface area contributed by atoms with Gasteiger partial charge in [0.05, 0.1) is 0 Å². The maximum absolute atomic E-state index is 5.85. The molecule has 0 aromatic heterocycles. The van der Waals surface area contributed by atoms with Crippen molar-refractivity contribution in [3.8, 4) is 5.75 Å². The Hall–Kier alpha value is -1.41. The minimum Gasteiger partial charge on any atom is -0.489 e. The Morgan fingerprint density at radius 2 is 1.70 bits per heavy atom. The Morgan fingerprint density at radius 1 is 1.00 bits per heavy atom. The highest BCUT2D eigenvalue weighted by Crippen LogP contribution is 2.25. The van der Waals surface area contributed by atoms with Crippen molar-refractivity contribution in [2.45, 2.75) is 37.7 Å². The summed E-state index contributed by atoms with van der Waals surface area (Å²) in [5.41, 5.74) is 2.72. The van der Waals surface area contributed by atoms with Gasteiger partial charge in [-0.3, -0.25) is 0 Å². The highest BCUT2D eigenvalue weighted by Gasteiger charge is 2.12. The molecule has 106 valence electrons. The van der Waals surface area contributed by atoms with E-state index in [0.717, 1.165) is 5.75 Å². The molecule has 0 N–H and O–H groups in total. The fourth-order valence-electron chi connectivity index (χ4n) is 1.98. The monoisotopic (exact) mass is 286 g/mol. The fourth-order valence-corrected chi connectivity index (χ4v) is 2.46. The second-order valence-corrected chi connectivity index (χ2v) is 6.79. The molecule has 0 unspecified atom stereocenters. The zero-order valence-corrected chi connectivity index (χ0v) is 13.5. The molecule has 0 saturated heterocycles. The lowest BCUT2D eigenvalue weighted by atomic mass is 9.87. The molecule has 2 heteroatoms. The third-order valence-corrected chi connectivity index (χ3v) is 3.99. The van der Waals surface area contributed by atoms with Gasteiger partial charge in [-0.1, -0.05) is 45.0 Å². The summed E-state index contributed by atoms with van der Waals surface area (Å²) in [7, 11) is 0. The first kappa shape index (κ1) is 15.0. The van der Waals surface area contributed by atoms with Crippen LogP contribution in [0.4, 0.5) is 0 Å². The molecular formula is C18H22OS. The molecule has 0 saturated carbocycles. The minimum absolute atomic E-state index is 0.186. The molecule has 0 aliphatic heterocycles. The molecule has 0 aliphatic rings. The molecule has 0 amide bonds. The first-order valence-corrected chi connectivity index (χ1v) is 8.08. The molecule has 0 spiro atoms. The fraction of sp³-hybridized carbons (Fsp3) is 0.333. The van der Waals surface area contributed by atoms with Gasteiger partial charge in [-0.05, 0) is 47.1 Å². The van der Waals surface area contributed by atoms with E-state index in [4.69, 9.17) is 4.74 Å². The molecule has 0 fully saturated rings. The van der Waals surface area contributed by atoms with Gasteiger partial charge in [0.2, 0.25) is 0 Å². The van der Waals surface area contributed by atoms with Crippen LogP contribution in [-0.2, 0) is 12.0 Å². The average molecular weight is 286 g/mol. The lowest BCUT2D eigenvalue weighted by Gasteiger charge is -2.19. The SMILES string of the molecule is CSc1cccc(COc2ccc(C(C)(C)C)cc2)c1. The van der Waals surface area contributed by atoms with E-state index in [9.17, 15) is 0 Å². The normalized spacial score (nSPS) is 11.4. The van der Waals surface area contributed by atoms with Crippen LogP contribution in [0.2, 0.25) is 0 Å². The van der Waals surface area contributed by atoms with Crippen LogP contribution < -0.4 is 4.74 Å². The van der Waals surface area contributed by atoms with Gasteiger partial charge in [-0.25, -0.2) is 0 Å². The van der Waals surface area contributed by atoms with Crippen molar-refractivity contribution in [1.29, 1.82) is 0 Å². The molecule has 0 heterocycles. The molecule has 0 radical (unpaired) electrons. The zero-order valence-electron chi connectivity index (χ0n) is 12.6. The average Bonchev–Trinajstić information content (AvgIpc) is 2.45. The molecule has 2 aromatic carbocycles. The Kier molecular flexibility index (Phi) is 4.77. The van der Waals surface area contributed by atoms with Crippen LogP contribution in [0.15, 0.2) is 53.4 Å². The summed E-state index contributed by atoms with van der Waals surface area (Å²) in [6, 6.07) is 16.9. The molecule has 2 aromatic rings. The summed E-state index contributed by atoms with van der Waals surface area (Å²) in [6.45, 7) is 7.27. The third kappa shape index (κ3) is 4.04. The zero-order chi connectivity index (χ0) is 14.6. The number of rotatable bonds is 4. The molecule has 0 aliphatic carbocycles. The van der Waals surface area contributed by atoms with Crippen molar-refractivity contribution in [2.75, 3.05) is 6.26 Å². The Balaban J connectivity index is 2.00. The van der Waals surface area contributed by atoms with Gasteiger partial charge in [0, 0.05) is 4.90 Å². The number of hydrogen-bond acceptors (Lipinski definition) is 2. The Labute approximate surface area is 126 Å². The van der Waals surface area contributed by atoms with E-state index in [1.165, 1.54) is 16.0 Å². The molecule has 0 bridgehead atoms. The van der Waals surface area contributed by atoms with Crippen molar-refractivity contribution in [1.82, 2.24) is 0 Å². The van der Waals surface area contributed by atoms with Gasteiger partial charge in [0.15, 0.2) is 0 Å². The van der Waals surface area contributed by atoms with E-state index in [0.29, 0.717) is 6.61 Å². The van der Waals surface area contributed by atoms with Crippen molar-refractivity contribution in [3.63, 3.8) is 0 Å². The van der Waals surface area contributed by atoms with Crippen molar-refractivity contribution in [2.24, 2.45) is 0 Å². The van der Waals surface area contributed by atoms with Gasteiger partial charge in [-0.2, -0.15) is 0 Å². The van der Waals surface area contributed by atoms with Gasteiger partial charge in [0.1, 0.15) is 12.4 Å². The van der Waals surface area contributed by atoms with Gasteiger partial charge >= 0.3 is 0 Å².